The van der Waals surface area contributed by atoms with E-state index in [0.29, 0.717) is 41.1 Å². The smallest absolute Gasteiger partial charge is 0.248 e. The molecule has 0 radical (unpaired) electrons. The number of ether oxygens (including phenoxy) is 1. The highest BCUT2D eigenvalue weighted by atomic mass is 35.5. The van der Waals surface area contributed by atoms with Crippen LogP contribution >= 0.6 is 11.6 Å². The molecule has 0 aliphatic rings. The third kappa shape index (κ3) is 4.89. The predicted molar refractivity (Wildman–Crippen MR) is 94.8 cm³/mol. The molecule has 130 valence electrons. The summed E-state index contributed by atoms with van der Waals surface area (Å²) in [5.74, 6) is 1.50. The first-order chi connectivity index (χ1) is 11.5. The molecular weight excluding hydrogens is 330 g/mol. The van der Waals surface area contributed by atoms with Gasteiger partial charge in [-0.1, -0.05) is 30.6 Å². The Morgan fingerprint density at radius 3 is 2.79 bits per heavy atom. The van der Waals surface area contributed by atoms with Crippen molar-refractivity contribution in [1.29, 1.82) is 0 Å². The zero-order valence-electron chi connectivity index (χ0n) is 14.1. The Morgan fingerprint density at radius 1 is 1.38 bits per heavy atom. The molecule has 1 amide bonds. The number of nitrogens with zero attached hydrogens (tertiary/aromatic N) is 1. The molecule has 7 heteroatoms. The molecule has 0 aliphatic carbocycles. The Bertz CT molecular complexity index is 687. The number of carbonyl (C=O) groups is 1. The number of hydrogen-bond donors (Lipinski definition) is 2. The van der Waals surface area contributed by atoms with Crippen LogP contribution in [-0.4, -0.2) is 23.7 Å². The van der Waals surface area contributed by atoms with E-state index in [-0.39, 0.29) is 5.91 Å². The molecule has 1 unspecified atom stereocenters. The summed E-state index contributed by atoms with van der Waals surface area (Å²) < 4.78 is 10.7. The van der Waals surface area contributed by atoms with Crippen molar-refractivity contribution in [2.45, 2.75) is 39.7 Å². The molecule has 6 nitrogen and oxygen atoms in total. The number of aryl methyl sites for hydroxylation is 1. The quantitative estimate of drug-likeness (QED) is 0.743. The van der Waals surface area contributed by atoms with Crippen molar-refractivity contribution in [2.24, 2.45) is 0 Å². The maximum absolute atomic E-state index is 12.4. The Kier molecular flexibility index (Phi) is 6.49. The molecular formula is C17H22ClN3O3. The maximum atomic E-state index is 12.4. The second kappa shape index (κ2) is 8.59. The number of nitrogens with one attached hydrogen (secondary N) is 2. The largest absolute Gasteiger partial charge is 0.491 e. The van der Waals surface area contributed by atoms with Gasteiger partial charge in [-0.05, 0) is 38.0 Å². The minimum Gasteiger partial charge on any atom is -0.491 e. The van der Waals surface area contributed by atoms with Gasteiger partial charge in [-0.25, -0.2) is 0 Å². The lowest BCUT2D eigenvalue weighted by atomic mass is 10.2. The standard InChI is InChI=1S/C17H22ClN3O3/c1-4-8-23-15-7-6-12(18)10-14(15)19-13(5-2)17(22)20-16-9-11(3)24-21-16/h6-7,9-10,13,19H,4-5,8H2,1-3H3,(H,20,21,22). The summed E-state index contributed by atoms with van der Waals surface area (Å²) in [5.41, 5.74) is 0.689. The van der Waals surface area contributed by atoms with E-state index in [4.69, 9.17) is 20.9 Å². The van der Waals surface area contributed by atoms with Crippen LogP contribution in [0.3, 0.4) is 0 Å². The van der Waals surface area contributed by atoms with Gasteiger partial charge in [0.05, 0.1) is 12.3 Å². The number of amides is 1. The third-order valence-electron chi connectivity index (χ3n) is 3.34. The number of benzene rings is 1. The van der Waals surface area contributed by atoms with E-state index in [1.54, 1.807) is 31.2 Å². The number of hydrogen-bond acceptors (Lipinski definition) is 5. The molecule has 1 heterocycles. The predicted octanol–water partition coefficient (Wildman–Crippen LogP) is 4.25. The molecule has 1 aromatic carbocycles. The van der Waals surface area contributed by atoms with Crippen molar-refractivity contribution in [1.82, 2.24) is 5.16 Å². The van der Waals surface area contributed by atoms with Crippen LogP contribution in [-0.2, 0) is 4.79 Å². The van der Waals surface area contributed by atoms with E-state index in [9.17, 15) is 4.79 Å². The van der Waals surface area contributed by atoms with Crippen molar-refractivity contribution in [2.75, 3.05) is 17.2 Å². The van der Waals surface area contributed by atoms with Crippen LogP contribution < -0.4 is 15.4 Å². The zero-order chi connectivity index (χ0) is 17.5. The lowest BCUT2D eigenvalue weighted by Crippen LogP contribution is -2.34. The van der Waals surface area contributed by atoms with Crippen molar-refractivity contribution in [3.05, 3.63) is 35.0 Å². The van der Waals surface area contributed by atoms with Crippen LogP contribution in [0.4, 0.5) is 11.5 Å². The molecule has 0 spiro atoms. The van der Waals surface area contributed by atoms with Crippen LogP contribution in [0.5, 0.6) is 5.75 Å². The average Bonchev–Trinajstić information content (AvgIpc) is 2.96. The van der Waals surface area contributed by atoms with Gasteiger partial charge in [-0.15, -0.1) is 0 Å². The van der Waals surface area contributed by atoms with Gasteiger partial charge in [0.25, 0.3) is 0 Å². The van der Waals surface area contributed by atoms with Gasteiger partial charge in [0.1, 0.15) is 17.6 Å². The van der Waals surface area contributed by atoms with Gasteiger partial charge in [0, 0.05) is 11.1 Å². The number of aromatic nitrogens is 1. The summed E-state index contributed by atoms with van der Waals surface area (Å²) in [5, 5.41) is 10.3. The highest BCUT2D eigenvalue weighted by Crippen LogP contribution is 2.29. The first kappa shape index (κ1) is 18.1. The van der Waals surface area contributed by atoms with Crippen molar-refractivity contribution >= 4 is 29.0 Å². The Morgan fingerprint density at radius 2 is 2.17 bits per heavy atom. The first-order valence-corrected chi connectivity index (χ1v) is 8.34. The molecule has 0 aliphatic heterocycles. The first-order valence-electron chi connectivity index (χ1n) is 7.96. The van der Waals surface area contributed by atoms with Crippen LogP contribution in [0, 0.1) is 6.92 Å². The van der Waals surface area contributed by atoms with Gasteiger partial charge < -0.3 is 19.9 Å². The monoisotopic (exact) mass is 351 g/mol. The Hall–Kier alpha value is -2.21. The number of anilines is 2. The maximum Gasteiger partial charge on any atom is 0.248 e. The van der Waals surface area contributed by atoms with Gasteiger partial charge in [0.15, 0.2) is 5.82 Å². The topological polar surface area (TPSA) is 76.4 Å². The van der Waals surface area contributed by atoms with E-state index in [0.717, 1.165) is 6.42 Å². The summed E-state index contributed by atoms with van der Waals surface area (Å²) in [7, 11) is 0. The van der Waals surface area contributed by atoms with E-state index in [1.165, 1.54) is 0 Å². The van der Waals surface area contributed by atoms with E-state index >= 15 is 0 Å². The fourth-order valence-electron chi connectivity index (χ4n) is 2.13. The highest BCUT2D eigenvalue weighted by molar-refractivity contribution is 6.31. The average molecular weight is 352 g/mol. The van der Waals surface area contributed by atoms with Crippen LogP contribution in [0.25, 0.3) is 0 Å². The third-order valence-corrected chi connectivity index (χ3v) is 3.57. The summed E-state index contributed by atoms with van der Waals surface area (Å²) >= 11 is 6.07. The summed E-state index contributed by atoms with van der Waals surface area (Å²) in [6.07, 6.45) is 1.48. The molecule has 0 saturated carbocycles. The summed E-state index contributed by atoms with van der Waals surface area (Å²) in [4.78, 5) is 12.4. The fraction of sp³-hybridized carbons (Fsp3) is 0.412. The molecule has 2 rings (SSSR count). The molecule has 0 saturated heterocycles. The lowest BCUT2D eigenvalue weighted by molar-refractivity contribution is -0.117. The van der Waals surface area contributed by atoms with Gasteiger partial charge in [0.2, 0.25) is 5.91 Å². The minimum absolute atomic E-state index is 0.202. The molecule has 1 aromatic heterocycles. The summed E-state index contributed by atoms with van der Waals surface area (Å²) in [6, 6.07) is 6.52. The minimum atomic E-state index is -0.454. The van der Waals surface area contributed by atoms with Crippen molar-refractivity contribution in [3.8, 4) is 5.75 Å². The molecule has 24 heavy (non-hydrogen) atoms. The van der Waals surface area contributed by atoms with Crippen LogP contribution in [0.2, 0.25) is 5.02 Å². The molecule has 2 N–H and O–H groups in total. The van der Waals surface area contributed by atoms with E-state index in [2.05, 4.69) is 15.8 Å². The Labute approximate surface area is 146 Å². The van der Waals surface area contributed by atoms with Crippen molar-refractivity contribution < 1.29 is 14.1 Å². The zero-order valence-corrected chi connectivity index (χ0v) is 14.8. The molecule has 1 atom stereocenters. The molecule has 2 aromatic rings. The van der Waals surface area contributed by atoms with Gasteiger partial charge in [-0.3, -0.25) is 4.79 Å². The molecule has 0 fully saturated rings. The summed E-state index contributed by atoms with van der Waals surface area (Å²) in [6.45, 7) is 6.31. The fourth-order valence-corrected chi connectivity index (χ4v) is 2.30. The normalized spacial score (nSPS) is 11.8. The number of carbonyl (C=O) groups excluding carboxylic acids is 1. The lowest BCUT2D eigenvalue weighted by Gasteiger charge is -2.20. The second-order valence-electron chi connectivity index (χ2n) is 5.41. The van der Waals surface area contributed by atoms with E-state index < -0.39 is 6.04 Å². The number of halogens is 1. The van der Waals surface area contributed by atoms with Crippen molar-refractivity contribution in [3.63, 3.8) is 0 Å². The second-order valence-corrected chi connectivity index (χ2v) is 5.84. The van der Waals surface area contributed by atoms with Gasteiger partial charge >= 0.3 is 0 Å². The van der Waals surface area contributed by atoms with Crippen LogP contribution in [0.15, 0.2) is 28.8 Å². The SMILES string of the molecule is CCCOc1ccc(Cl)cc1NC(CC)C(=O)Nc1cc(C)on1. The molecule has 0 bridgehead atoms. The Balaban J connectivity index is 2.11. The van der Waals surface area contributed by atoms with Crippen LogP contribution in [0.1, 0.15) is 32.4 Å². The highest BCUT2D eigenvalue weighted by Gasteiger charge is 2.19. The van der Waals surface area contributed by atoms with E-state index in [1.807, 2.05) is 13.8 Å². The van der Waals surface area contributed by atoms with Gasteiger partial charge in [-0.2, -0.15) is 0 Å². The number of rotatable bonds is 8.